The number of aromatic nitrogens is 2. The predicted octanol–water partition coefficient (Wildman–Crippen LogP) is -0.352. The van der Waals surface area contributed by atoms with Gasteiger partial charge >= 0.3 is 5.69 Å². The molecule has 1 aromatic rings. The highest BCUT2D eigenvalue weighted by atomic mass is 19.3. The lowest BCUT2D eigenvalue weighted by Crippen LogP contribution is -2.47. The van der Waals surface area contributed by atoms with Crippen molar-refractivity contribution in [3.63, 3.8) is 0 Å². The van der Waals surface area contributed by atoms with Gasteiger partial charge in [-0.25, -0.2) is 13.6 Å². The Morgan fingerprint density at radius 3 is 2.60 bits per heavy atom. The van der Waals surface area contributed by atoms with E-state index in [1.807, 2.05) is 4.98 Å². The van der Waals surface area contributed by atoms with Gasteiger partial charge in [0.15, 0.2) is 0 Å². The minimum Gasteiger partial charge on any atom is -0.388 e. The molecule has 1 aliphatic carbocycles. The minimum absolute atomic E-state index is 0.0715. The van der Waals surface area contributed by atoms with E-state index >= 15 is 0 Å². The zero-order valence-electron chi connectivity index (χ0n) is 13.3. The zero-order chi connectivity index (χ0) is 18.5. The Kier molecular flexibility index (Phi) is 4.38. The Morgan fingerprint density at radius 1 is 1.40 bits per heavy atom. The van der Waals surface area contributed by atoms with Crippen molar-refractivity contribution in [2.45, 2.75) is 62.6 Å². The number of aliphatic hydroxyl groups is 2. The number of aliphatic hydroxyl groups excluding tert-OH is 2. The van der Waals surface area contributed by atoms with E-state index in [-0.39, 0.29) is 30.6 Å². The van der Waals surface area contributed by atoms with Crippen molar-refractivity contribution in [1.82, 2.24) is 9.55 Å². The molecule has 0 spiro atoms. The van der Waals surface area contributed by atoms with Gasteiger partial charge in [0, 0.05) is 19.0 Å². The number of aromatic amines is 1. The van der Waals surface area contributed by atoms with Crippen LogP contribution in [0.25, 0.3) is 0 Å². The summed E-state index contributed by atoms with van der Waals surface area (Å²) in [5.41, 5.74) is -2.13. The molecule has 10 heteroatoms. The molecule has 2 fully saturated rings. The molecule has 138 valence electrons. The Labute approximate surface area is 140 Å². The lowest BCUT2D eigenvalue weighted by atomic mass is 9.87. The van der Waals surface area contributed by atoms with Gasteiger partial charge in [-0.05, 0) is 13.3 Å². The van der Waals surface area contributed by atoms with Gasteiger partial charge in [-0.2, -0.15) is 0 Å². The maximum Gasteiger partial charge on any atom is 0.328 e. The van der Waals surface area contributed by atoms with Crippen molar-refractivity contribution < 1.29 is 28.5 Å². The average Bonchev–Trinajstić information content (AvgIpc) is 2.77. The first-order chi connectivity index (χ1) is 11.6. The normalized spacial score (nSPS) is 33.9. The molecule has 0 amide bonds. The topological polar surface area (TPSA) is 122 Å². The number of Topliss-reactive ketones (excluding diaryl/α,β-unsaturated/α-hetero) is 1. The third-order valence-corrected chi connectivity index (χ3v) is 4.73. The number of hydrogen-bond donors (Lipinski definition) is 3. The number of H-pyrrole nitrogens is 1. The summed E-state index contributed by atoms with van der Waals surface area (Å²) in [5.74, 6) is -3.35. The van der Waals surface area contributed by atoms with Gasteiger partial charge in [0.05, 0.1) is 11.7 Å². The Hall–Kier alpha value is -1.91. The molecule has 0 aromatic carbocycles. The van der Waals surface area contributed by atoms with Crippen molar-refractivity contribution >= 4 is 5.78 Å². The Balaban J connectivity index is 1.96. The van der Waals surface area contributed by atoms with Crippen LogP contribution in [0.4, 0.5) is 8.78 Å². The highest BCUT2D eigenvalue weighted by molar-refractivity contribution is 5.76. The first kappa shape index (κ1) is 17.9. The van der Waals surface area contributed by atoms with Crippen molar-refractivity contribution in [2.24, 2.45) is 0 Å². The molecular weight excluding hydrogens is 342 g/mol. The molecule has 1 unspecified atom stereocenters. The second-order valence-corrected chi connectivity index (χ2v) is 6.55. The molecule has 8 nitrogen and oxygen atoms in total. The number of hydrogen-bond acceptors (Lipinski definition) is 6. The van der Waals surface area contributed by atoms with Gasteiger partial charge in [0.2, 0.25) is 0 Å². The molecule has 25 heavy (non-hydrogen) atoms. The second kappa shape index (κ2) is 6.11. The van der Waals surface area contributed by atoms with Crippen molar-refractivity contribution in [2.75, 3.05) is 0 Å². The number of nitrogens with one attached hydrogen (secondary N) is 1. The van der Waals surface area contributed by atoms with E-state index in [2.05, 4.69) is 0 Å². The van der Waals surface area contributed by atoms with E-state index in [0.29, 0.717) is 0 Å². The largest absolute Gasteiger partial charge is 0.388 e. The third kappa shape index (κ3) is 3.05. The van der Waals surface area contributed by atoms with Crippen molar-refractivity contribution in [3.8, 4) is 0 Å². The number of carbonyl (C=O) groups excluding carboxylic acids is 1. The fourth-order valence-corrected chi connectivity index (χ4v) is 3.23. The van der Waals surface area contributed by atoms with Gasteiger partial charge < -0.3 is 14.9 Å². The van der Waals surface area contributed by atoms with Gasteiger partial charge in [0.25, 0.3) is 11.5 Å². The van der Waals surface area contributed by atoms with Crippen LogP contribution in [0.5, 0.6) is 0 Å². The first-order valence-electron chi connectivity index (χ1n) is 7.86. The number of nitrogens with zero attached hydrogens (tertiary/aromatic N) is 1. The van der Waals surface area contributed by atoms with Crippen LogP contribution in [0.2, 0.25) is 0 Å². The molecule has 1 aliphatic heterocycles. The van der Waals surface area contributed by atoms with Crippen molar-refractivity contribution in [3.05, 3.63) is 32.6 Å². The van der Waals surface area contributed by atoms with E-state index in [0.717, 1.165) is 10.8 Å². The summed E-state index contributed by atoms with van der Waals surface area (Å²) in [4.78, 5) is 37.1. The van der Waals surface area contributed by atoms with E-state index in [4.69, 9.17) is 4.74 Å². The molecule has 0 bridgehead atoms. The molecule has 5 atom stereocenters. The van der Waals surface area contributed by atoms with Crippen LogP contribution in [-0.2, 0) is 9.53 Å². The minimum atomic E-state index is -3.06. The van der Waals surface area contributed by atoms with E-state index in [1.165, 1.54) is 6.92 Å². The number of ketones is 1. The number of alkyl halides is 2. The lowest BCUT2D eigenvalue weighted by Gasteiger charge is -2.37. The maximum atomic E-state index is 13.6. The molecule has 2 heterocycles. The van der Waals surface area contributed by atoms with Crippen LogP contribution in [-0.4, -0.2) is 49.8 Å². The number of carbonyl (C=O) groups is 1. The molecule has 2 aliphatic rings. The quantitative estimate of drug-likeness (QED) is 0.675. The third-order valence-electron chi connectivity index (χ3n) is 4.73. The molecule has 3 rings (SSSR count). The summed E-state index contributed by atoms with van der Waals surface area (Å²) in [6.07, 6.45) is -4.83. The number of halogens is 2. The fraction of sp³-hybridized carbons (Fsp3) is 0.667. The van der Waals surface area contributed by atoms with Gasteiger partial charge in [-0.15, -0.1) is 0 Å². The highest BCUT2D eigenvalue weighted by Gasteiger charge is 2.51. The molecule has 1 aromatic heterocycles. The summed E-state index contributed by atoms with van der Waals surface area (Å²) in [7, 11) is 0. The SMILES string of the molecule is CC(=O)C[C@H]1O[C@@H](c2cn(C3CCC3(F)F)c(=O)[nH]c2=O)[C@@H](O)[C@H]1O. The zero-order valence-corrected chi connectivity index (χ0v) is 13.3. The summed E-state index contributed by atoms with van der Waals surface area (Å²) in [5, 5.41) is 20.1. The summed E-state index contributed by atoms with van der Waals surface area (Å²) in [6.45, 7) is 1.28. The summed E-state index contributed by atoms with van der Waals surface area (Å²) >= 11 is 0. The molecule has 3 N–H and O–H groups in total. The molecule has 0 radical (unpaired) electrons. The van der Waals surface area contributed by atoms with Crippen molar-refractivity contribution in [1.29, 1.82) is 0 Å². The molecule has 1 saturated carbocycles. The van der Waals surface area contributed by atoms with E-state index < -0.39 is 47.6 Å². The van der Waals surface area contributed by atoms with Crippen LogP contribution in [0.1, 0.15) is 43.9 Å². The summed E-state index contributed by atoms with van der Waals surface area (Å²) < 4.78 is 33.3. The van der Waals surface area contributed by atoms with Gasteiger partial charge in [0.1, 0.15) is 30.1 Å². The number of ether oxygens (including phenoxy) is 1. The highest BCUT2D eigenvalue weighted by Crippen LogP contribution is 2.46. The van der Waals surface area contributed by atoms with Gasteiger partial charge in [-0.3, -0.25) is 19.1 Å². The van der Waals surface area contributed by atoms with E-state index in [9.17, 15) is 33.4 Å². The van der Waals surface area contributed by atoms with Crippen LogP contribution in [0.15, 0.2) is 15.8 Å². The van der Waals surface area contributed by atoms with Crippen LogP contribution in [0.3, 0.4) is 0 Å². The van der Waals surface area contributed by atoms with Gasteiger partial charge in [-0.1, -0.05) is 0 Å². The monoisotopic (exact) mass is 360 g/mol. The van der Waals surface area contributed by atoms with Crippen LogP contribution in [0, 0.1) is 0 Å². The smallest absolute Gasteiger partial charge is 0.328 e. The fourth-order valence-electron chi connectivity index (χ4n) is 3.23. The van der Waals surface area contributed by atoms with E-state index in [1.54, 1.807) is 0 Å². The Bertz CT molecular complexity index is 804. The first-order valence-corrected chi connectivity index (χ1v) is 7.86. The second-order valence-electron chi connectivity index (χ2n) is 6.55. The average molecular weight is 360 g/mol. The number of rotatable bonds is 4. The molecular formula is C15H18F2N2O6. The van der Waals surface area contributed by atoms with Crippen LogP contribution >= 0.6 is 0 Å². The van der Waals surface area contributed by atoms with Crippen LogP contribution < -0.4 is 11.2 Å². The standard InChI is InChI=1S/C15H18F2N2O6/c1-6(20)4-8-10(21)11(22)12(25-8)7-5-19(14(24)18-13(7)23)9-2-3-15(9,16)17/h5,8-12,21-22H,2-4H2,1H3,(H,18,23,24)/t8-,9?,10+,11+,12+/m1/s1. The molecule has 1 saturated heterocycles. The predicted molar refractivity (Wildman–Crippen MR) is 79.5 cm³/mol. The lowest BCUT2D eigenvalue weighted by molar-refractivity contribution is -0.124. The maximum absolute atomic E-state index is 13.6. The Morgan fingerprint density at radius 2 is 2.08 bits per heavy atom. The summed E-state index contributed by atoms with van der Waals surface area (Å²) in [6, 6.07) is -1.38.